The molecule has 0 radical (unpaired) electrons. The van der Waals surface area contributed by atoms with Crippen molar-refractivity contribution in [1.82, 2.24) is 5.43 Å². The molecule has 60 valence electrons. The van der Waals surface area contributed by atoms with E-state index in [0.717, 1.165) is 5.75 Å². The Bertz CT molecular complexity index is 109. The van der Waals surface area contributed by atoms with Crippen molar-refractivity contribution < 1.29 is 4.79 Å². The molecule has 0 saturated heterocycles. The Morgan fingerprint density at radius 2 is 2.40 bits per heavy atom. The van der Waals surface area contributed by atoms with Gasteiger partial charge in [-0.25, -0.2) is 5.84 Å². The molecule has 10 heavy (non-hydrogen) atoms. The summed E-state index contributed by atoms with van der Waals surface area (Å²) in [4.78, 5) is 10.6. The van der Waals surface area contributed by atoms with Gasteiger partial charge in [0.1, 0.15) is 0 Å². The number of carbonyl (C=O) groups excluding carboxylic acids is 1. The van der Waals surface area contributed by atoms with E-state index < -0.39 is 6.04 Å². The lowest BCUT2D eigenvalue weighted by Gasteiger charge is -2.07. The molecule has 4 nitrogen and oxygen atoms in total. The first-order chi connectivity index (χ1) is 4.72. The van der Waals surface area contributed by atoms with E-state index in [1.165, 1.54) is 0 Å². The van der Waals surface area contributed by atoms with Gasteiger partial charge in [0.25, 0.3) is 5.91 Å². The molecule has 0 bridgehead atoms. The summed E-state index contributed by atoms with van der Waals surface area (Å²) in [6.45, 7) is 0. The van der Waals surface area contributed by atoms with Crippen molar-refractivity contribution in [3.8, 4) is 0 Å². The lowest BCUT2D eigenvalue weighted by molar-refractivity contribution is -0.122. The molecule has 5 heteroatoms. The molecule has 0 aromatic heterocycles. The minimum atomic E-state index is -0.461. The summed E-state index contributed by atoms with van der Waals surface area (Å²) < 4.78 is 0. The van der Waals surface area contributed by atoms with Crippen molar-refractivity contribution in [3.63, 3.8) is 0 Å². The molecule has 0 aliphatic rings. The predicted molar refractivity (Wildman–Crippen MR) is 43.3 cm³/mol. The first kappa shape index (κ1) is 9.74. The second-order valence-electron chi connectivity index (χ2n) is 1.90. The van der Waals surface area contributed by atoms with Crippen LogP contribution in [0.3, 0.4) is 0 Å². The Morgan fingerprint density at radius 1 is 1.80 bits per heavy atom. The van der Waals surface area contributed by atoms with E-state index in [9.17, 15) is 4.79 Å². The average Bonchev–Trinajstić information content (AvgIpc) is 1.98. The summed E-state index contributed by atoms with van der Waals surface area (Å²) in [5, 5.41) is 0. The van der Waals surface area contributed by atoms with Crippen LogP contribution in [-0.4, -0.2) is 24.0 Å². The molecule has 5 N–H and O–H groups in total. The van der Waals surface area contributed by atoms with Crippen LogP contribution in [0.4, 0.5) is 0 Å². The summed E-state index contributed by atoms with van der Waals surface area (Å²) in [6, 6.07) is -0.461. The zero-order valence-corrected chi connectivity index (χ0v) is 6.78. The molecule has 0 aromatic carbocycles. The van der Waals surface area contributed by atoms with Gasteiger partial charge in [0.05, 0.1) is 6.04 Å². The van der Waals surface area contributed by atoms with Crippen LogP contribution in [0, 0.1) is 0 Å². The topological polar surface area (TPSA) is 81.1 Å². The largest absolute Gasteiger partial charge is 0.320 e. The lowest BCUT2D eigenvalue weighted by atomic mass is 10.2. The molecule has 0 aliphatic heterocycles. The first-order valence-corrected chi connectivity index (χ1v) is 4.36. The van der Waals surface area contributed by atoms with Crippen LogP contribution >= 0.6 is 11.8 Å². The highest BCUT2D eigenvalue weighted by Crippen LogP contribution is 1.97. The second-order valence-corrected chi connectivity index (χ2v) is 2.88. The van der Waals surface area contributed by atoms with Gasteiger partial charge in [-0.05, 0) is 18.4 Å². The molecule has 0 heterocycles. The highest BCUT2D eigenvalue weighted by atomic mass is 32.2. The molecule has 1 atom stereocenters. The fourth-order valence-electron chi connectivity index (χ4n) is 0.483. The van der Waals surface area contributed by atoms with Gasteiger partial charge in [-0.1, -0.05) is 0 Å². The molecule has 0 fully saturated rings. The molecule has 0 aliphatic carbocycles. The number of rotatable bonds is 4. The highest BCUT2D eigenvalue weighted by molar-refractivity contribution is 7.98. The van der Waals surface area contributed by atoms with Crippen LogP contribution in [0.1, 0.15) is 6.42 Å². The van der Waals surface area contributed by atoms with Crippen molar-refractivity contribution in [2.75, 3.05) is 12.0 Å². The van der Waals surface area contributed by atoms with Crippen molar-refractivity contribution in [2.45, 2.75) is 12.5 Å². The molecule has 0 rings (SSSR count). The summed E-state index contributed by atoms with van der Waals surface area (Å²) in [7, 11) is 0. The van der Waals surface area contributed by atoms with Gasteiger partial charge in [-0.15, -0.1) is 0 Å². The number of carbonyl (C=O) groups is 1. The summed E-state index contributed by atoms with van der Waals surface area (Å²) >= 11 is 1.66. The molecule has 0 unspecified atom stereocenters. The van der Waals surface area contributed by atoms with Gasteiger partial charge in [0.15, 0.2) is 0 Å². The molecular formula is C5H13N3OS. The Balaban J connectivity index is 3.41. The van der Waals surface area contributed by atoms with Gasteiger partial charge in [-0.3, -0.25) is 10.2 Å². The SMILES string of the molecule is CSCC[C@H](N)C(=O)NN. The van der Waals surface area contributed by atoms with Crippen molar-refractivity contribution in [2.24, 2.45) is 11.6 Å². The van der Waals surface area contributed by atoms with E-state index in [0.29, 0.717) is 6.42 Å². The number of nitrogens with two attached hydrogens (primary N) is 2. The van der Waals surface area contributed by atoms with E-state index in [1.54, 1.807) is 11.8 Å². The van der Waals surface area contributed by atoms with Crippen LogP contribution in [-0.2, 0) is 4.79 Å². The third-order valence-electron chi connectivity index (χ3n) is 1.11. The van der Waals surface area contributed by atoms with Gasteiger partial charge >= 0.3 is 0 Å². The standard InChI is InChI=1S/C5H13N3OS/c1-10-3-2-4(6)5(9)8-7/h4H,2-3,6-7H2,1H3,(H,8,9)/t4-/m0/s1. The van der Waals surface area contributed by atoms with Crippen LogP contribution in [0.25, 0.3) is 0 Å². The minimum Gasteiger partial charge on any atom is -0.320 e. The lowest BCUT2D eigenvalue weighted by Crippen LogP contribution is -2.44. The van der Waals surface area contributed by atoms with Gasteiger partial charge in [0.2, 0.25) is 0 Å². The van der Waals surface area contributed by atoms with Gasteiger partial charge in [0, 0.05) is 0 Å². The van der Waals surface area contributed by atoms with Crippen LogP contribution in [0.5, 0.6) is 0 Å². The van der Waals surface area contributed by atoms with Crippen molar-refractivity contribution in [3.05, 3.63) is 0 Å². The third kappa shape index (κ3) is 3.71. The second kappa shape index (κ2) is 5.52. The van der Waals surface area contributed by atoms with E-state index in [2.05, 4.69) is 0 Å². The Hall–Kier alpha value is -0.260. The Labute approximate surface area is 64.7 Å². The quantitative estimate of drug-likeness (QED) is 0.284. The van der Waals surface area contributed by atoms with E-state index in [-0.39, 0.29) is 5.91 Å². The van der Waals surface area contributed by atoms with E-state index in [1.807, 2.05) is 11.7 Å². The number of amides is 1. The minimum absolute atomic E-state index is 0.297. The summed E-state index contributed by atoms with van der Waals surface area (Å²) in [5.41, 5.74) is 7.41. The summed E-state index contributed by atoms with van der Waals surface area (Å²) in [6.07, 6.45) is 2.64. The first-order valence-electron chi connectivity index (χ1n) is 2.97. The van der Waals surface area contributed by atoms with Crippen molar-refractivity contribution in [1.29, 1.82) is 0 Å². The molecule has 0 saturated carbocycles. The van der Waals surface area contributed by atoms with E-state index in [4.69, 9.17) is 11.6 Å². The maximum absolute atomic E-state index is 10.6. The maximum Gasteiger partial charge on any atom is 0.250 e. The fraction of sp³-hybridized carbons (Fsp3) is 0.800. The number of hydrazine groups is 1. The maximum atomic E-state index is 10.6. The van der Waals surface area contributed by atoms with Gasteiger partial charge < -0.3 is 5.73 Å². The van der Waals surface area contributed by atoms with Crippen LogP contribution < -0.4 is 17.0 Å². The zero-order chi connectivity index (χ0) is 7.98. The zero-order valence-electron chi connectivity index (χ0n) is 5.96. The third-order valence-corrected chi connectivity index (χ3v) is 1.76. The molecule has 0 spiro atoms. The Kier molecular flexibility index (Phi) is 5.38. The number of hydrogen-bond acceptors (Lipinski definition) is 4. The molecular weight excluding hydrogens is 150 g/mol. The van der Waals surface area contributed by atoms with Gasteiger partial charge in [-0.2, -0.15) is 11.8 Å². The predicted octanol–water partition coefficient (Wildman–Crippen LogP) is -0.943. The normalized spacial score (nSPS) is 12.7. The monoisotopic (exact) mass is 163 g/mol. The molecule has 1 amide bonds. The van der Waals surface area contributed by atoms with Crippen molar-refractivity contribution >= 4 is 17.7 Å². The average molecular weight is 163 g/mol. The number of nitrogens with one attached hydrogen (secondary N) is 1. The fourth-order valence-corrected chi connectivity index (χ4v) is 0.973. The Morgan fingerprint density at radius 3 is 2.80 bits per heavy atom. The van der Waals surface area contributed by atoms with Crippen LogP contribution in [0.15, 0.2) is 0 Å². The number of hydrogen-bond donors (Lipinski definition) is 3. The van der Waals surface area contributed by atoms with Crippen LogP contribution in [0.2, 0.25) is 0 Å². The number of thioether (sulfide) groups is 1. The smallest absolute Gasteiger partial charge is 0.250 e. The highest BCUT2D eigenvalue weighted by Gasteiger charge is 2.09. The summed E-state index contributed by atoms with van der Waals surface area (Å²) in [5.74, 6) is 5.44. The molecule has 0 aromatic rings. The van der Waals surface area contributed by atoms with E-state index >= 15 is 0 Å².